The first kappa shape index (κ1) is 51.7. The molecule has 8 rings (SSSR count). The maximum absolute atomic E-state index is 15.0. The van der Waals surface area contributed by atoms with Crippen LogP contribution in [0.2, 0.25) is 0 Å². The predicted octanol–water partition coefficient (Wildman–Crippen LogP) is -5.11. The minimum absolute atomic E-state index is 0.0513. The number of fused-ring (bicyclic) bond motifs is 3. The third-order valence-corrected chi connectivity index (χ3v) is 17.1. The second-order valence-corrected chi connectivity index (χ2v) is 20.8. The van der Waals surface area contributed by atoms with Crippen molar-refractivity contribution in [1.29, 1.82) is 0 Å². The molecule has 23 nitrogen and oxygen atoms in total. The highest BCUT2D eigenvalue weighted by molar-refractivity contribution is 5.77. The number of hydrogen-bond donors (Lipinski definition) is 14. The molecule has 8 fully saturated rings. The quantitative estimate of drug-likeness (QED) is 0.0494. The fourth-order valence-electron chi connectivity index (χ4n) is 13.5. The van der Waals surface area contributed by atoms with Gasteiger partial charge in [-0.2, -0.15) is 0 Å². The van der Waals surface area contributed by atoms with Gasteiger partial charge >= 0.3 is 5.97 Å². The van der Waals surface area contributed by atoms with Gasteiger partial charge in [0.1, 0.15) is 91.6 Å². The van der Waals surface area contributed by atoms with Crippen molar-refractivity contribution in [2.75, 3.05) is 26.4 Å². The van der Waals surface area contributed by atoms with Gasteiger partial charge in [-0.3, -0.25) is 4.79 Å². The first-order valence-corrected chi connectivity index (χ1v) is 23.4. The largest absolute Gasteiger partial charge is 0.432 e. The van der Waals surface area contributed by atoms with Gasteiger partial charge in [0, 0.05) is 0 Å². The molecule has 4 aliphatic heterocycles. The number of carbonyl (C=O) groups excluding carboxylic acids is 1. The third-order valence-electron chi connectivity index (χ3n) is 17.1. The highest BCUT2D eigenvalue weighted by Crippen LogP contribution is 2.73. The monoisotopic (exact) mass is 966 g/mol. The predicted molar refractivity (Wildman–Crippen MR) is 219 cm³/mol. The summed E-state index contributed by atoms with van der Waals surface area (Å²) in [5.41, 5.74) is -2.11. The van der Waals surface area contributed by atoms with Gasteiger partial charge in [-0.05, 0) is 86.5 Å². The summed E-state index contributed by atoms with van der Waals surface area (Å²) in [6.45, 7) is 5.23. The molecule has 0 amide bonds. The van der Waals surface area contributed by atoms with E-state index in [2.05, 4.69) is 13.5 Å². The van der Waals surface area contributed by atoms with Crippen LogP contribution in [0, 0.1) is 28.1 Å². The number of hydrogen-bond acceptors (Lipinski definition) is 23. The van der Waals surface area contributed by atoms with E-state index in [4.69, 9.17) is 37.9 Å². The maximum Gasteiger partial charge on any atom is 0.314 e. The number of aliphatic hydroxyl groups is 14. The van der Waals surface area contributed by atoms with Crippen LogP contribution in [0.4, 0.5) is 0 Å². The van der Waals surface area contributed by atoms with Crippen molar-refractivity contribution in [3.63, 3.8) is 0 Å². The van der Waals surface area contributed by atoms with Crippen LogP contribution in [-0.4, -0.2) is 232 Å². The number of rotatable bonds is 12. The van der Waals surface area contributed by atoms with Crippen molar-refractivity contribution in [3.8, 4) is 0 Å². The first-order chi connectivity index (χ1) is 31.6. The van der Waals surface area contributed by atoms with Gasteiger partial charge in [0.15, 0.2) is 25.0 Å². The maximum atomic E-state index is 15.0. The van der Waals surface area contributed by atoms with Gasteiger partial charge in [0.05, 0.1) is 37.4 Å². The fraction of sp³-hybridized carbons (Fsp3) is 0.932. The average Bonchev–Trinajstić information content (AvgIpc) is 3.50. The minimum Gasteiger partial charge on any atom is -0.432 e. The molecule has 21 unspecified atom stereocenters. The van der Waals surface area contributed by atoms with E-state index >= 15 is 4.79 Å². The molecule has 4 aliphatic carbocycles. The van der Waals surface area contributed by atoms with Crippen LogP contribution in [0.3, 0.4) is 0 Å². The van der Waals surface area contributed by atoms with Crippen LogP contribution in [0.5, 0.6) is 0 Å². The summed E-state index contributed by atoms with van der Waals surface area (Å²) in [5, 5.41) is 147. The van der Waals surface area contributed by atoms with Crippen LogP contribution in [0.25, 0.3) is 0 Å². The van der Waals surface area contributed by atoms with Crippen LogP contribution in [0.1, 0.15) is 71.6 Å². The fourth-order valence-corrected chi connectivity index (χ4v) is 13.5. The van der Waals surface area contributed by atoms with Crippen molar-refractivity contribution in [3.05, 3.63) is 12.2 Å². The van der Waals surface area contributed by atoms with E-state index in [1.807, 2.05) is 0 Å². The molecule has 384 valence electrons. The number of aliphatic hydroxyl groups excluding tert-OH is 14. The molecule has 67 heavy (non-hydrogen) atoms. The Bertz CT molecular complexity index is 1760. The van der Waals surface area contributed by atoms with E-state index < -0.39 is 172 Å². The van der Waals surface area contributed by atoms with E-state index in [1.165, 1.54) is 0 Å². The molecule has 26 atom stereocenters. The lowest BCUT2D eigenvalue weighted by atomic mass is 9.41. The average molecular weight is 967 g/mol. The normalized spacial score (nSPS) is 54.5. The Kier molecular flexibility index (Phi) is 15.0. The van der Waals surface area contributed by atoms with Crippen LogP contribution in [0.15, 0.2) is 12.2 Å². The first-order valence-electron chi connectivity index (χ1n) is 23.4. The Morgan fingerprint density at radius 3 is 1.57 bits per heavy atom. The van der Waals surface area contributed by atoms with E-state index in [0.29, 0.717) is 51.4 Å². The topological polar surface area (TPSA) is 374 Å². The third kappa shape index (κ3) is 8.63. The Morgan fingerprint density at radius 1 is 0.567 bits per heavy atom. The standard InChI is InChI=1S/C44H70O23/c1-17-11-43-9-5-22-41(2,23(43)6-10-44(17,16-43)67-38-33(58)30(55)26(51)20(14-47)62-38)7-4-8-42(22,3)40(59)66-39-35(65-37-32(57)29(54)25(50)19(13-46)61-37)34(27(52)21(15-48)63-39)64-36-31(56)28(53)24(49)18(12-45)60-36/h18-39,45-58H,1,4-16H2,2-3H3/t18?,19?,20?,21?,22?,23-,24?,25?,26?,27?,28?,29?,30?,31?,32?,33?,34?,35?,36?,37?,38?,39?,41+,42+,43+,44-/m0/s1. The lowest BCUT2D eigenvalue weighted by molar-refractivity contribution is -0.389. The Balaban J connectivity index is 1.06. The number of esters is 1. The molecule has 0 aromatic heterocycles. The second-order valence-electron chi connectivity index (χ2n) is 20.8. The molecule has 1 spiro atoms. The molecule has 2 bridgehead atoms. The van der Waals surface area contributed by atoms with E-state index in [-0.39, 0.29) is 17.3 Å². The zero-order valence-corrected chi connectivity index (χ0v) is 37.5. The van der Waals surface area contributed by atoms with Crippen LogP contribution in [-0.2, 0) is 42.7 Å². The summed E-state index contributed by atoms with van der Waals surface area (Å²) >= 11 is 0. The lowest BCUT2D eigenvalue weighted by Crippen LogP contribution is -2.67. The van der Waals surface area contributed by atoms with Gasteiger partial charge in [-0.15, -0.1) is 0 Å². The summed E-state index contributed by atoms with van der Waals surface area (Å²) in [4.78, 5) is 15.0. The van der Waals surface area contributed by atoms with Gasteiger partial charge < -0.3 is 109 Å². The Morgan fingerprint density at radius 2 is 1.03 bits per heavy atom. The van der Waals surface area contributed by atoms with Gasteiger partial charge in [-0.25, -0.2) is 0 Å². The molecule has 0 aromatic rings. The van der Waals surface area contributed by atoms with Crippen molar-refractivity contribution in [2.45, 2.75) is 200 Å². The summed E-state index contributed by atoms with van der Waals surface area (Å²) < 4.78 is 47.8. The summed E-state index contributed by atoms with van der Waals surface area (Å²) in [6.07, 6.45) is -29.3. The van der Waals surface area contributed by atoms with Crippen molar-refractivity contribution >= 4 is 5.97 Å². The lowest BCUT2D eigenvalue weighted by Gasteiger charge is -2.64. The number of carbonyl (C=O) groups is 1. The molecule has 0 radical (unpaired) electrons. The Hall–Kier alpha value is -1.63. The van der Waals surface area contributed by atoms with Crippen molar-refractivity contribution in [1.82, 2.24) is 0 Å². The van der Waals surface area contributed by atoms with Crippen molar-refractivity contribution in [2.24, 2.45) is 28.1 Å². The molecule has 23 heteroatoms. The molecule has 14 N–H and O–H groups in total. The zero-order valence-electron chi connectivity index (χ0n) is 37.5. The highest BCUT2D eigenvalue weighted by atomic mass is 16.8. The Labute approximate surface area is 386 Å². The van der Waals surface area contributed by atoms with Gasteiger partial charge in [-0.1, -0.05) is 19.9 Å². The van der Waals surface area contributed by atoms with Gasteiger partial charge in [0.25, 0.3) is 0 Å². The van der Waals surface area contributed by atoms with E-state index in [0.717, 1.165) is 12.0 Å². The smallest absolute Gasteiger partial charge is 0.314 e. The summed E-state index contributed by atoms with van der Waals surface area (Å²) in [5.74, 6) is -0.979. The molecular weight excluding hydrogens is 896 g/mol. The number of ether oxygens (including phenoxy) is 8. The molecule has 0 aromatic carbocycles. The minimum atomic E-state index is -2.01. The van der Waals surface area contributed by atoms with Crippen LogP contribution < -0.4 is 0 Å². The highest BCUT2D eigenvalue weighted by Gasteiger charge is 2.69. The van der Waals surface area contributed by atoms with E-state index in [1.54, 1.807) is 6.92 Å². The van der Waals surface area contributed by atoms with Crippen molar-refractivity contribution < 1.29 is 114 Å². The van der Waals surface area contributed by atoms with E-state index in [9.17, 15) is 71.5 Å². The summed E-state index contributed by atoms with van der Waals surface area (Å²) in [7, 11) is 0. The molecule has 4 saturated carbocycles. The van der Waals surface area contributed by atoms with Crippen LogP contribution >= 0.6 is 0 Å². The molecule has 8 aliphatic rings. The summed E-state index contributed by atoms with van der Waals surface area (Å²) in [6, 6.07) is 0. The molecular formula is C44H70O23. The molecule has 4 saturated heterocycles. The SMILES string of the molecule is C=C1C[C@@]23CCC4[C@](C)(C(=O)OC5OC(CO)C(O)C(OC6OC(CO)C(O)C(O)C6O)C5OC5OC(CO)C(O)C(O)C5O)CCC[C@@]4(C)[C@@H]2CC[C@]1(OC1OC(CO)C(O)C(O)C1O)C3. The molecule has 4 heterocycles. The van der Waals surface area contributed by atoms with Gasteiger partial charge in [0.2, 0.25) is 6.29 Å². The zero-order chi connectivity index (χ0) is 48.7. The second kappa shape index (κ2) is 19.4.